The number of nitrogens with zero attached hydrogens (tertiary/aromatic N) is 1. The number of aliphatic hydroxyl groups is 2. The number of benzene rings is 1. The third-order valence-corrected chi connectivity index (χ3v) is 5.04. The van der Waals surface area contributed by atoms with Crippen LogP contribution in [0.5, 0.6) is 0 Å². The highest BCUT2D eigenvalue weighted by Crippen LogP contribution is 2.26. The number of morpholine rings is 1. The third kappa shape index (κ3) is 4.16. The fraction of sp³-hybridized carbons (Fsp3) is 0.588. The molecular formula is C17H22ClFN2O5. The fourth-order valence-electron chi connectivity index (χ4n) is 3.40. The molecule has 0 unspecified atom stereocenters. The smallest absolute Gasteiger partial charge is 0.251 e. The summed E-state index contributed by atoms with van der Waals surface area (Å²) in [5.41, 5.74) is 0.233. The van der Waals surface area contributed by atoms with Gasteiger partial charge in [0.1, 0.15) is 18.0 Å². The molecule has 2 saturated heterocycles. The van der Waals surface area contributed by atoms with E-state index in [-0.39, 0.29) is 29.8 Å². The largest absolute Gasteiger partial charge is 0.394 e. The van der Waals surface area contributed by atoms with Crippen molar-refractivity contribution in [3.63, 3.8) is 0 Å². The molecule has 0 aromatic heterocycles. The second-order valence-electron chi connectivity index (χ2n) is 6.36. The Morgan fingerprint density at radius 2 is 2.08 bits per heavy atom. The SMILES string of the molecule is O=C(NC[C@@H]1O[C@@H](CO)[C@@H](O)[C@H]1N1CCOCC1)c1ccc(F)c(Cl)c1. The molecule has 3 rings (SSSR count). The molecule has 0 spiro atoms. The summed E-state index contributed by atoms with van der Waals surface area (Å²) in [6.07, 6.45) is -2.05. The van der Waals surface area contributed by atoms with Crippen LogP contribution in [0.15, 0.2) is 18.2 Å². The van der Waals surface area contributed by atoms with E-state index in [1.807, 2.05) is 0 Å². The van der Waals surface area contributed by atoms with Crippen LogP contribution < -0.4 is 5.32 Å². The normalized spacial score (nSPS) is 29.7. The summed E-state index contributed by atoms with van der Waals surface area (Å²) in [5.74, 6) is -1.01. The van der Waals surface area contributed by atoms with E-state index < -0.39 is 30.0 Å². The van der Waals surface area contributed by atoms with Crippen LogP contribution in [0.4, 0.5) is 4.39 Å². The molecule has 2 heterocycles. The number of amides is 1. The predicted octanol–water partition coefficient (Wildman–Crippen LogP) is 0.0303. The van der Waals surface area contributed by atoms with Gasteiger partial charge in [-0.3, -0.25) is 9.69 Å². The van der Waals surface area contributed by atoms with Gasteiger partial charge in [-0.1, -0.05) is 11.6 Å². The molecule has 0 saturated carbocycles. The lowest BCUT2D eigenvalue weighted by molar-refractivity contribution is -0.0220. The van der Waals surface area contributed by atoms with Crippen LogP contribution in [-0.4, -0.2) is 84.8 Å². The molecule has 4 atom stereocenters. The molecule has 1 aromatic carbocycles. The molecule has 0 bridgehead atoms. The van der Waals surface area contributed by atoms with Crippen LogP contribution in [-0.2, 0) is 9.47 Å². The summed E-state index contributed by atoms with van der Waals surface area (Å²) < 4.78 is 24.3. The standard InChI is InChI=1S/C17H22ClFN2O5/c18-11-7-10(1-2-12(11)19)17(24)20-8-13-15(16(23)14(9-22)26-13)21-3-5-25-6-4-21/h1-2,7,13-16,22-23H,3-6,8-9H2,(H,20,24)/t13-,14-,15-,16+/m0/s1. The summed E-state index contributed by atoms with van der Waals surface area (Å²) in [4.78, 5) is 14.3. The lowest BCUT2D eigenvalue weighted by Gasteiger charge is -2.36. The number of hydrogen-bond acceptors (Lipinski definition) is 6. The summed E-state index contributed by atoms with van der Waals surface area (Å²) in [5, 5.41) is 22.5. The summed E-state index contributed by atoms with van der Waals surface area (Å²) in [7, 11) is 0. The van der Waals surface area contributed by atoms with Gasteiger partial charge in [-0.05, 0) is 18.2 Å². The Morgan fingerprint density at radius 1 is 1.35 bits per heavy atom. The van der Waals surface area contributed by atoms with Crippen LogP contribution >= 0.6 is 11.6 Å². The molecule has 1 amide bonds. The van der Waals surface area contributed by atoms with E-state index in [9.17, 15) is 19.4 Å². The third-order valence-electron chi connectivity index (χ3n) is 4.75. The fourth-order valence-corrected chi connectivity index (χ4v) is 3.59. The summed E-state index contributed by atoms with van der Waals surface area (Å²) in [6.45, 7) is 2.23. The number of carbonyl (C=O) groups excluding carboxylic acids is 1. The monoisotopic (exact) mass is 388 g/mol. The molecule has 2 aliphatic heterocycles. The van der Waals surface area contributed by atoms with Crippen molar-refractivity contribution >= 4 is 17.5 Å². The second kappa shape index (κ2) is 8.60. The van der Waals surface area contributed by atoms with E-state index in [1.165, 1.54) is 12.1 Å². The van der Waals surface area contributed by atoms with E-state index in [0.717, 1.165) is 6.07 Å². The van der Waals surface area contributed by atoms with Gasteiger partial charge in [-0.2, -0.15) is 0 Å². The van der Waals surface area contributed by atoms with Crippen molar-refractivity contribution in [2.45, 2.75) is 24.4 Å². The van der Waals surface area contributed by atoms with Gasteiger partial charge in [0.15, 0.2) is 0 Å². The van der Waals surface area contributed by atoms with Crippen LogP contribution in [0, 0.1) is 5.82 Å². The quantitative estimate of drug-likeness (QED) is 0.659. The van der Waals surface area contributed by atoms with Crippen molar-refractivity contribution in [2.24, 2.45) is 0 Å². The van der Waals surface area contributed by atoms with Gasteiger partial charge in [0.2, 0.25) is 0 Å². The number of ether oxygens (including phenoxy) is 2. The maximum absolute atomic E-state index is 13.2. The van der Waals surface area contributed by atoms with Crippen molar-refractivity contribution in [1.82, 2.24) is 10.2 Å². The Balaban J connectivity index is 1.65. The van der Waals surface area contributed by atoms with Crippen molar-refractivity contribution in [1.29, 1.82) is 0 Å². The van der Waals surface area contributed by atoms with Crippen LogP contribution in [0.1, 0.15) is 10.4 Å². The molecule has 1 aromatic rings. The average Bonchev–Trinajstić information content (AvgIpc) is 2.98. The van der Waals surface area contributed by atoms with Gasteiger partial charge in [-0.25, -0.2) is 4.39 Å². The maximum atomic E-state index is 13.2. The van der Waals surface area contributed by atoms with Gasteiger partial charge >= 0.3 is 0 Å². The Labute approximate surface area is 155 Å². The van der Waals surface area contributed by atoms with Crippen LogP contribution in [0.3, 0.4) is 0 Å². The molecule has 144 valence electrons. The molecule has 2 fully saturated rings. The zero-order valence-corrected chi connectivity index (χ0v) is 14.9. The van der Waals surface area contributed by atoms with Gasteiger partial charge in [-0.15, -0.1) is 0 Å². The van der Waals surface area contributed by atoms with Gasteiger partial charge in [0.25, 0.3) is 5.91 Å². The van der Waals surface area contributed by atoms with E-state index in [2.05, 4.69) is 10.2 Å². The number of aliphatic hydroxyl groups excluding tert-OH is 2. The topological polar surface area (TPSA) is 91.3 Å². The minimum absolute atomic E-state index is 0.128. The number of nitrogens with one attached hydrogen (secondary N) is 1. The van der Waals surface area contributed by atoms with Crippen molar-refractivity contribution in [3.05, 3.63) is 34.6 Å². The summed E-state index contributed by atoms with van der Waals surface area (Å²) in [6, 6.07) is 3.38. The zero-order valence-electron chi connectivity index (χ0n) is 14.1. The molecule has 2 aliphatic rings. The summed E-state index contributed by atoms with van der Waals surface area (Å²) >= 11 is 5.71. The highest BCUT2D eigenvalue weighted by molar-refractivity contribution is 6.31. The number of halogens is 2. The number of carbonyl (C=O) groups is 1. The minimum Gasteiger partial charge on any atom is -0.394 e. The van der Waals surface area contributed by atoms with Gasteiger partial charge in [0, 0.05) is 25.2 Å². The first-order valence-corrected chi connectivity index (χ1v) is 8.88. The van der Waals surface area contributed by atoms with Gasteiger partial charge < -0.3 is 25.0 Å². The highest BCUT2D eigenvalue weighted by atomic mass is 35.5. The molecule has 7 nitrogen and oxygen atoms in total. The Bertz CT molecular complexity index is 644. The van der Waals surface area contributed by atoms with Crippen molar-refractivity contribution in [2.75, 3.05) is 39.5 Å². The maximum Gasteiger partial charge on any atom is 0.251 e. The van der Waals surface area contributed by atoms with Crippen LogP contribution in [0.2, 0.25) is 5.02 Å². The van der Waals surface area contributed by atoms with Crippen LogP contribution in [0.25, 0.3) is 0 Å². The Morgan fingerprint density at radius 3 is 2.73 bits per heavy atom. The molecule has 0 radical (unpaired) electrons. The van der Waals surface area contributed by atoms with Gasteiger partial charge in [0.05, 0.1) is 37.0 Å². The first-order valence-electron chi connectivity index (χ1n) is 8.50. The average molecular weight is 389 g/mol. The van der Waals surface area contributed by atoms with E-state index >= 15 is 0 Å². The molecule has 26 heavy (non-hydrogen) atoms. The Hall–Kier alpha value is -1.29. The predicted molar refractivity (Wildman–Crippen MR) is 91.7 cm³/mol. The first-order chi connectivity index (χ1) is 12.5. The minimum atomic E-state index is -0.861. The molecular weight excluding hydrogens is 367 g/mol. The van der Waals surface area contributed by atoms with Crippen molar-refractivity contribution in [3.8, 4) is 0 Å². The lowest BCUT2D eigenvalue weighted by Crippen LogP contribution is -2.54. The van der Waals surface area contributed by atoms with E-state index in [4.69, 9.17) is 21.1 Å². The molecule has 9 heteroatoms. The number of hydrogen-bond donors (Lipinski definition) is 3. The van der Waals surface area contributed by atoms with Crippen molar-refractivity contribution < 1.29 is 28.9 Å². The second-order valence-corrected chi connectivity index (χ2v) is 6.77. The van der Waals surface area contributed by atoms with E-state index in [0.29, 0.717) is 26.3 Å². The zero-order chi connectivity index (χ0) is 18.7. The van der Waals surface area contributed by atoms with E-state index in [1.54, 1.807) is 0 Å². The first kappa shape index (κ1) is 19.5. The lowest BCUT2D eigenvalue weighted by atomic mass is 10.0. The highest BCUT2D eigenvalue weighted by Gasteiger charge is 2.46. The Kier molecular flexibility index (Phi) is 6.44. The number of rotatable bonds is 5. The molecule has 3 N–H and O–H groups in total. The molecule has 0 aliphatic carbocycles.